The van der Waals surface area contributed by atoms with Crippen LogP contribution in [-0.2, 0) is 10.0 Å². The Morgan fingerprint density at radius 3 is 2.64 bits per heavy atom. The van der Waals surface area contributed by atoms with Crippen LogP contribution in [0.5, 0.6) is 0 Å². The van der Waals surface area contributed by atoms with E-state index < -0.39 is 10.0 Å². The van der Waals surface area contributed by atoms with E-state index in [0.29, 0.717) is 18.9 Å². The number of hydrogen-bond donors (Lipinski definition) is 2. The van der Waals surface area contributed by atoms with E-state index in [9.17, 15) is 8.42 Å². The number of sulfonamides is 1. The first kappa shape index (κ1) is 11.9. The number of hydrogen-bond acceptors (Lipinski definition) is 3. The maximum Gasteiger partial charge on any atom is 0.211 e. The maximum absolute atomic E-state index is 11.4. The van der Waals surface area contributed by atoms with Gasteiger partial charge in [-0.2, -0.15) is 0 Å². The van der Waals surface area contributed by atoms with Crippen LogP contribution >= 0.6 is 0 Å². The first-order chi connectivity index (χ1) is 6.57. The highest BCUT2D eigenvalue weighted by atomic mass is 32.2. The smallest absolute Gasteiger partial charge is 0.211 e. The summed E-state index contributed by atoms with van der Waals surface area (Å²) in [4.78, 5) is 0. The SMILES string of the molecule is CCCS(=O)(=O)N[C@@H]1CC[C@H](CN)C1. The van der Waals surface area contributed by atoms with Crippen LogP contribution in [0.2, 0.25) is 0 Å². The monoisotopic (exact) mass is 220 g/mol. The Morgan fingerprint density at radius 1 is 1.43 bits per heavy atom. The molecule has 0 radical (unpaired) electrons. The van der Waals surface area contributed by atoms with Crippen LogP contribution in [0.25, 0.3) is 0 Å². The number of nitrogens with one attached hydrogen (secondary N) is 1. The van der Waals surface area contributed by atoms with E-state index in [-0.39, 0.29) is 11.8 Å². The molecule has 0 bridgehead atoms. The Hall–Kier alpha value is -0.130. The molecular weight excluding hydrogens is 200 g/mol. The van der Waals surface area contributed by atoms with E-state index in [4.69, 9.17) is 5.73 Å². The summed E-state index contributed by atoms with van der Waals surface area (Å²) >= 11 is 0. The fraction of sp³-hybridized carbons (Fsp3) is 1.00. The molecule has 0 aromatic rings. The molecule has 2 atom stereocenters. The van der Waals surface area contributed by atoms with E-state index in [1.165, 1.54) is 0 Å². The van der Waals surface area contributed by atoms with E-state index in [1.807, 2.05) is 6.92 Å². The molecule has 0 spiro atoms. The lowest BCUT2D eigenvalue weighted by Crippen LogP contribution is -2.34. The van der Waals surface area contributed by atoms with Gasteiger partial charge in [0.1, 0.15) is 0 Å². The summed E-state index contributed by atoms with van der Waals surface area (Å²) in [5, 5.41) is 0. The van der Waals surface area contributed by atoms with Crippen LogP contribution in [0.4, 0.5) is 0 Å². The Kier molecular flexibility index (Phi) is 4.34. The van der Waals surface area contributed by atoms with Gasteiger partial charge in [0.15, 0.2) is 0 Å². The summed E-state index contributed by atoms with van der Waals surface area (Å²) in [6, 6.07) is 0.125. The van der Waals surface area contributed by atoms with Crippen molar-refractivity contribution >= 4 is 10.0 Å². The predicted octanol–water partition coefficient (Wildman–Crippen LogP) is 0.443. The van der Waals surface area contributed by atoms with E-state index in [1.54, 1.807) is 0 Å². The van der Waals surface area contributed by atoms with Crippen molar-refractivity contribution in [2.75, 3.05) is 12.3 Å². The van der Waals surface area contributed by atoms with Gasteiger partial charge < -0.3 is 5.73 Å². The van der Waals surface area contributed by atoms with E-state index >= 15 is 0 Å². The first-order valence-corrected chi connectivity index (χ1v) is 6.92. The van der Waals surface area contributed by atoms with Crippen molar-refractivity contribution in [2.24, 2.45) is 11.7 Å². The molecule has 0 unspecified atom stereocenters. The molecule has 14 heavy (non-hydrogen) atoms. The molecule has 84 valence electrons. The third-order valence-electron chi connectivity index (χ3n) is 2.69. The second-order valence-corrected chi connectivity index (χ2v) is 5.92. The van der Waals surface area contributed by atoms with Gasteiger partial charge in [-0.3, -0.25) is 0 Å². The Balaban J connectivity index is 2.39. The van der Waals surface area contributed by atoms with Crippen molar-refractivity contribution in [1.29, 1.82) is 0 Å². The normalized spacial score (nSPS) is 28.1. The van der Waals surface area contributed by atoms with Gasteiger partial charge in [-0.25, -0.2) is 13.1 Å². The van der Waals surface area contributed by atoms with Gasteiger partial charge in [0.2, 0.25) is 10.0 Å². The molecule has 0 heterocycles. The third kappa shape index (κ3) is 3.55. The van der Waals surface area contributed by atoms with Gasteiger partial charge in [0.25, 0.3) is 0 Å². The van der Waals surface area contributed by atoms with Crippen molar-refractivity contribution in [1.82, 2.24) is 4.72 Å². The van der Waals surface area contributed by atoms with Crippen molar-refractivity contribution in [3.8, 4) is 0 Å². The van der Waals surface area contributed by atoms with E-state index in [0.717, 1.165) is 19.3 Å². The third-order valence-corrected chi connectivity index (χ3v) is 4.33. The molecule has 1 rings (SSSR count). The van der Waals surface area contributed by atoms with Crippen molar-refractivity contribution < 1.29 is 8.42 Å². The summed E-state index contributed by atoms with van der Waals surface area (Å²) in [5.41, 5.74) is 5.54. The molecule has 5 heteroatoms. The van der Waals surface area contributed by atoms with Gasteiger partial charge in [0, 0.05) is 6.04 Å². The predicted molar refractivity (Wildman–Crippen MR) is 57.4 cm³/mol. The van der Waals surface area contributed by atoms with Gasteiger partial charge in [-0.15, -0.1) is 0 Å². The molecule has 0 amide bonds. The number of rotatable bonds is 5. The fourth-order valence-corrected chi connectivity index (χ4v) is 3.35. The topological polar surface area (TPSA) is 72.2 Å². The Bertz CT molecular complexity index is 264. The molecule has 3 N–H and O–H groups in total. The minimum absolute atomic E-state index is 0.125. The molecule has 1 aliphatic rings. The average Bonchev–Trinajstić information content (AvgIpc) is 2.51. The maximum atomic E-state index is 11.4. The minimum atomic E-state index is -3.04. The van der Waals surface area contributed by atoms with E-state index in [2.05, 4.69) is 4.72 Å². The molecule has 4 nitrogen and oxygen atoms in total. The quantitative estimate of drug-likeness (QED) is 0.706. The van der Waals surface area contributed by atoms with Crippen LogP contribution in [-0.4, -0.2) is 26.8 Å². The van der Waals surface area contributed by atoms with Gasteiger partial charge in [0.05, 0.1) is 5.75 Å². The molecule has 0 aromatic heterocycles. The zero-order valence-corrected chi connectivity index (χ0v) is 9.52. The standard InChI is InChI=1S/C9H20N2O2S/c1-2-5-14(12,13)11-9-4-3-8(6-9)7-10/h8-9,11H,2-7,10H2,1H3/t8-,9+/m0/s1. The molecule has 0 aromatic carbocycles. The van der Waals surface area contributed by atoms with Gasteiger partial charge in [-0.05, 0) is 38.1 Å². The first-order valence-electron chi connectivity index (χ1n) is 5.27. The van der Waals surface area contributed by atoms with Crippen LogP contribution in [0.15, 0.2) is 0 Å². The lowest BCUT2D eigenvalue weighted by Gasteiger charge is -2.12. The highest BCUT2D eigenvalue weighted by molar-refractivity contribution is 7.89. The largest absolute Gasteiger partial charge is 0.330 e. The Morgan fingerprint density at radius 2 is 2.14 bits per heavy atom. The lowest BCUT2D eigenvalue weighted by atomic mass is 10.1. The molecule has 1 saturated carbocycles. The highest BCUT2D eigenvalue weighted by Crippen LogP contribution is 2.24. The summed E-state index contributed by atoms with van der Waals surface area (Å²) in [5.74, 6) is 0.737. The highest BCUT2D eigenvalue weighted by Gasteiger charge is 2.26. The molecular formula is C9H20N2O2S. The zero-order valence-electron chi connectivity index (χ0n) is 8.70. The second-order valence-electron chi connectivity index (χ2n) is 4.05. The zero-order chi connectivity index (χ0) is 10.6. The minimum Gasteiger partial charge on any atom is -0.330 e. The van der Waals surface area contributed by atoms with Crippen molar-refractivity contribution in [3.05, 3.63) is 0 Å². The summed E-state index contributed by atoms with van der Waals surface area (Å²) in [6.07, 6.45) is 3.56. The lowest BCUT2D eigenvalue weighted by molar-refractivity contribution is 0.522. The fourth-order valence-electron chi connectivity index (χ4n) is 1.98. The summed E-state index contributed by atoms with van der Waals surface area (Å²) in [6.45, 7) is 2.54. The van der Waals surface area contributed by atoms with Crippen LogP contribution in [0, 0.1) is 5.92 Å². The van der Waals surface area contributed by atoms with Crippen LogP contribution in [0.3, 0.4) is 0 Å². The Labute approximate surface area is 86.3 Å². The van der Waals surface area contributed by atoms with Gasteiger partial charge >= 0.3 is 0 Å². The van der Waals surface area contributed by atoms with Crippen molar-refractivity contribution in [3.63, 3.8) is 0 Å². The molecule has 1 fully saturated rings. The molecule has 1 aliphatic carbocycles. The van der Waals surface area contributed by atoms with Crippen molar-refractivity contribution in [2.45, 2.75) is 38.6 Å². The molecule has 0 saturated heterocycles. The second kappa shape index (κ2) is 5.09. The van der Waals surface area contributed by atoms with Gasteiger partial charge in [-0.1, -0.05) is 6.92 Å². The van der Waals surface area contributed by atoms with Crippen LogP contribution < -0.4 is 10.5 Å². The average molecular weight is 220 g/mol. The molecule has 0 aliphatic heterocycles. The number of nitrogens with two attached hydrogens (primary N) is 1. The summed E-state index contributed by atoms with van der Waals surface area (Å²) < 4.78 is 25.6. The summed E-state index contributed by atoms with van der Waals surface area (Å²) in [7, 11) is -3.04. The van der Waals surface area contributed by atoms with Crippen LogP contribution in [0.1, 0.15) is 32.6 Å².